The predicted molar refractivity (Wildman–Crippen MR) is 118 cm³/mol. The first kappa shape index (κ1) is 20.1. The number of nitrogens with two attached hydrogens (primary N) is 1. The van der Waals surface area contributed by atoms with Gasteiger partial charge in [0.15, 0.2) is 0 Å². The molecule has 4 rings (SSSR count). The second-order valence-electron chi connectivity index (χ2n) is 9.07. The summed E-state index contributed by atoms with van der Waals surface area (Å²) in [5, 5.41) is 0. The summed E-state index contributed by atoms with van der Waals surface area (Å²) in [5.74, 6) is 1.41. The van der Waals surface area contributed by atoms with Gasteiger partial charge in [0.25, 0.3) is 5.91 Å². The summed E-state index contributed by atoms with van der Waals surface area (Å²) >= 11 is 0. The lowest BCUT2D eigenvalue weighted by atomic mass is 9.99. The first-order valence-electron chi connectivity index (χ1n) is 10.8. The Labute approximate surface area is 174 Å². The van der Waals surface area contributed by atoms with Gasteiger partial charge in [-0.1, -0.05) is 48.0 Å². The summed E-state index contributed by atoms with van der Waals surface area (Å²) < 4.78 is 0. The molecule has 2 aromatic carbocycles. The van der Waals surface area contributed by atoms with Gasteiger partial charge in [-0.2, -0.15) is 0 Å². The Morgan fingerprint density at radius 3 is 2.17 bits per heavy atom. The van der Waals surface area contributed by atoms with E-state index in [2.05, 4.69) is 67.0 Å². The zero-order valence-corrected chi connectivity index (χ0v) is 17.9. The number of amides is 1. The second-order valence-corrected chi connectivity index (χ2v) is 9.07. The molecule has 2 saturated heterocycles. The van der Waals surface area contributed by atoms with Crippen LogP contribution in [-0.4, -0.2) is 48.4 Å². The number of hydrogen-bond acceptors (Lipinski definition) is 3. The minimum absolute atomic E-state index is 0.0993. The van der Waals surface area contributed by atoms with Crippen molar-refractivity contribution >= 4 is 5.91 Å². The summed E-state index contributed by atoms with van der Waals surface area (Å²) in [4.78, 5) is 17.8. The van der Waals surface area contributed by atoms with Crippen LogP contribution in [0.15, 0.2) is 42.5 Å². The number of nitrogens with zero attached hydrogens (tertiary/aromatic N) is 2. The van der Waals surface area contributed by atoms with Gasteiger partial charge >= 0.3 is 0 Å². The fraction of sp³-hybridized carbons (Fsp3) is 0.480. The minimum atomic E-state index is 0.0993. The molecule has 0 aliphatic carbocycles. The van der Waals surface area contributed by atoms with Gasteiger partial charge in [0.05, 0.1) is 0 Å². The molecule has 2 fully saturated rings. The average molecular weight is 392 g/mol. The number of carbonyl (C=O) groups is 1. The van der Waals surface area contributed by atoms with Crippen molar-refractivity contribution in [3.05, 3.63) is 70.3 Å². The Hall–Kier alpha value is -2.17. The molecule has 0 aromatic heterocycles. The lowest BCUT2D eigenvalue weighted by Gasteiger charge is -2.24. The molecule has 0 radical (unpaired) electrons. The Balaban J connectivity index is 1.32. The average Bonchev–Trinajstić information content (AvgIpc) is 3.24. The Morgan fingerprint density at radius 1 is 1.00 bits per heavy atom. The van der Waals surface area contributed by atoms with E-state index in [0.717, 1.165) is 55.8 Å². The number of rotatable bonds is 5. The molecule has 0 bridgehead atoms. The van der Waals surface area contributed by atoms with Crippen molar-refractivity contribution in [1.29, 1.82) is 0 Å². The third kappa shape index (κ3) is 4.24. The molecule has 2 N–H and O–H groups in total. The summed E-state index contributed by atoms with van der Waals surface area (Å²) in [6.45, 7) is 11.2. The van der Waals surface area contributed by atoms with E-state index in [0.29, 0.717) is 11.8 Å². The number of fused-ring (bicyclic) bond motifs is 1. The van der Waals surface area contributed by atoms with Gasteiger partial charge in [-0.25, -0.2) is 0 Å². The first-order chi connectivity index (χ1) is 13.9. The normalized spacial score (nSPS) is 22.7. The van der Waals surface area contributed by atoms with E-state index in [4.69, 9.17) is 5.73 Å². The van der Waals surface area contributed by atoms with E-state index >= 15 is 0 Å². The van der Waals surface area contributed by atoms with E-state index in [-0.39, 0.29) is 11.9 Å². The zero-order chi connectivity index (χ0) is 20.5. The third-order valence-corrected chi connectivity index (χ3v) is 6.72. The molecular weight excluding hydrogens is 358 g/mol. The number of aryl methyl sites for hydroxylation is 3. The number of likely N-dealkylation sites (tertiary alicyclic amines) is 2. The van der Waals surface area contributed by atoms with Gasteiger partial charge in [0, 0.05) is 37.8 Å². The molecule has 0 spiro atoms. The van der Waals surface area contributed by atoms with Gasteiger partial charge in [-0.15, -0.1) is 0 Å². The lowest BCUT2D eigenvalue weighted by Crippen LogP contribution is -2.34. The van der Waals surface area contributed by atoms with Gasteiger partial charge in [0.1, 0.15) is 0 Å². The van der Waals surface area contributed by atoms with Crippen LogP contribution in [-0.2, 0) is 0 Å². The van der Waals surface area contributed by atoms with Crippen molar-refractivity contribution in [1.82, 2.24) is 9.80 Å². The predicted octanol–water partition coefficient (Wildman–Crippen LogP) is 3.71. The zero-order valence-electron chi connectivity index (χ0n) is 17.9. The highest BCUT2D eigenvalue weighted by molar-refractivity contribution is 5.97. The van der Waals surface area contributed by atoms with Gasteiger partial charge in [0.2, 0.25) is 0 Å². The van der Waals surface area contributed by atoms with Crippen molar-refractivity contribution in [2.45, 2.75) is 33.2 Å². The van der Waals surface area contributed by atoms with Crippen LogP contribution < -0.4 is 5.73 Å². The molecule has 154 valence electrons. The van der Waals surface area contributed by atoms with E-state index in [1.165, 1.54) is 11.1 Å². The maximum Gasteiger partial charge on any atom is 0.254 e. The Kier molecular flexibility index (Phi) is 5.75. The summed E-state index contributed by atoms with van der Waals surface area (Å²) in [6.07, 6.45) is 0.980. The molecule has 0 saturated carbocycles. The third-order valence-electron chi connectivity index (χ3n) is 6.72. The highest BCUT2D eigenvalue weighted by atomic mass is 16.2. The maximum atomic E-state index is 13.2. The highest BCUT2D eigenvalue weighted by Gasteiger charge is 2.41. The van der Waals surface area contributed by atoms with Gasteiger partial charge < -0.3 is 15.5 Å². The van der Waals surface area contributed by atoms with Crippen LogP contribution in [0.2, 0.25) is 0 Å². The van der Waals surface area contributed by atoms with Gasteiger partial charge in [-0.05, 0) is 62.3 Å². The van der Waals surface area contributed by atoms with Crippen LogP contribution in [0.25, 0.3) is 0 Å². The fourth-order valence-electron chi connectivity index (χ4n) is 5.30. The topological polar surface area (TPSA) is 49.6 Å². The van der Waals surface area contributed by atoms with Crippen LogP contribution in [0.1, 0.15) is 45.1 Å². The van der Waals surface area contributed by atoms with Crippen LogP contribution in [0.4, 0.5) is 0 Å². The monoisotopic (exact) mass is 391 g/mol. The van der Waals surface area contributed by atoms with E-state index in [9.17, 15) is 4.79 Å². The van der Waals surface area contributed by atoms with Crippen molar-refractivity contribution in [2.24, 2.45) is 17.6 Å². The molecule has 2 aliphatic rings. The van der Waals surface area contributed by atoms with Crippen LogP contribution in [0, 0.1) is 32.6 Å². The largest absolute Gasteiger partial charge is 0.338 e. The molecular formula is C25H33N3O. The molecule has 29 heavy (non-hydrogen) atoms. The quantitative estimate of drug-likeness (QED) is 0.845. The van der Waals surface area contributed by atoms with Crippen LogP contribution in [0.5, 0.6) is 0 Å². The van der Waals surface area contributed by atoms with Crippen LogP contribution >= 0.6 is 0 Å². The molecule has 2 heterocycles. The molecule has 2 aromatic rings. The van der Waals surface area contributed by atoms with Crippen molar-refractivity contribution in [2.75, 3.05) is 32.7 Å². The maximum absolute atomic E-state index is 13.2. The molecule has 3 atom stereocenters. The SMILES string of the molecule is Cc1cc(C)c(C(=O)N2CC3CN(CC[C@H](N)c4ccccc4)CC3C2)c(C)c1. The smallest absolute Gasteiger partial charge is 0.254 e. The van der Waals surface area contributed by atoms with E-state index in [1.807, 2.05) is 6.07 Å². The minimum Gasteiger partial charge on any atom is -0.338 e. The van der Waals surface area contributed by atoms with Crippen molar-refractivity contribution in [3.63, 3.8) is 0 Å². The van der Waals surface area contributed by atoms with Gasteiger partial charge in [-0.3, -0.25) is 4.79 Å². The summed E-state index contributed by atoms with van der Waals surface area (Å²) in [6, 6.07) is 14.7. The molecule has 1 amide bonds. The summed E-state index contributed by atoms with van der Waals surface area (Å²) in [5.41, 5.74) is 11.9. The molecule has 2 unspecified atom stereocenters. The lowest BCUT2D eigenvalue weighted by molar-refractivity contribution is 0.0772. The van der Waals surface area contributed by atoms with Crippen LogP contribution in [0.3, 0.4) is 0 Å². The first-order valence-corrected chi connectivity index (χ1v) is 10.8. The second kappa shape index (κ2) is 8.29. The number of carbonyl (C=O) groups excluding carboxylic acids is 1. The van der Waals surface area contributed by atoms with E-state index < -0.39 is 0 Å². The molecule has 2 aliphatic heterocycles. The standard InChI is InChI=1S/C25H33N3O/c1-17-11-18(2)24(19(3)12-17)25(29)28-15-21-13-27(14-22(21)16-28)10-9-23(26)20-7-5-4-6-8-20/h4-8,11-12,21-23H,9-10,13-16,26H2,1-3H3/t21?,22?,23-/m0/s1. The summed E-state index contributed by atoms with van der Waals surface area (Å²) in [7, 11) is 0. The van der Waals surface area contributed by atoms with Crippen molar-refractivity contribution < 1.29 is 4.79 Å². The Morgan fingerprint density at radius 2 is 1.59 bits per heavy atom. The Bertz CT molecular complexity index is 842. The highest BCUT2D eigenvalue weighted by Crippen LogP contribution is 2.33. The van der Waals surface area contributed by atoms with Crippen molar-refractivity contribution in [3.8, 4) is 0 Å². The number of hydrogen-bond donors (Lipinski definition) is 1. The number of benzene rings is 2. The fourth-order valence-corrected chi connectivity index (χ4v) is 5.30. The molecule has 4 nitrogen and oxygen atoms in total. The van der Waals surface area contributed by atoms with E-state index in [1.54, 1.807) is 0 Å². The molecule has 4 heteroatoms.